The quantitative estimate of drug-likeness (QED) is 0.805. The topological polar surface area (TPSA) is 58.4 Å². The smallest absolute Gasteiger partial charge is 0.217 e. The molecule has 2 aliphatic heterocycles. The van der Waals surface area contributed by atoms with Crippen LogP contribution < -0.4 is 11.1 Å². The summed E-state index contributed by atoms with van der Waals surface area (Å²) in [5.74, 6) is 1.23. The number of halogens is 1. The second kappa shape index (κ2) is 7.97. The Morgan fingerprint density at radius 1 is 1.22 bits per heavy atom. The number of likely N-dealkylation sites (tertiary alicyclic amines) is 1. The normalized spacial score (nSPS) is 26.6. The number of carbonyl (C=O) groups is 1. The molecule has 0 radical (unpaired) electrons. The van der Waals surface area contributed by atoms with Gasteiger partial charge in [-0.25, -0.2) is 0 Å². The van der Waals surface area contributed by atoms with Gasteiger partial charge >= 0.3 is 0 Å². The third-order valence-electron chi connectivity index (χ3n) is 4.11. The Labute approximate surface area is 116 Å². The molecule has 1 atom stereocenters. The van der Waals surface area contributed by atoms with Crippen LogP contribution in [0.2, 0.25) is 0 Å². The minimum Gasteiger partial charge on any atom is -0.370 e. The molecule has 106 valence electrons. The second-order valence-corrected chi connectivity index (χ2v) is 5.63. The van der Waals surface area contributed by atoms with Gasteiger partial charge in [-0.1, -0.05) is 0 Å². The van der Waals surface area contributed by atoms with Crippen molar-refractivity contribution in [1.29, 1.82) is 0 Å². The Kier molecular flexibility index (Phi) is 6.97. The summed E-state index contributed by atoms with van der Waals surface area (Å²) in [6, 6.07) is 0. The first-order chi connectivity index (χ1) is 8.24. The molecule has 4 nitrogen and oxygen atoms in total. The molecule has 2 rings (SSSR count). The van der Waals surface area contributed by atoms with Crippen LogP contribution in [0.25, 0.3) is 0 Å². The molecule has 2 saturated heterocycles. The van der Waals surface area contributed by atoms with Crippen molar-refractivity contribution in [2.24, 2.45) is 17.6 Å². The van der Waals surface area contributed by atoms with Crippen LogP contribution in [-0.4, -0.2) is 43.5 Å². The Hall–Kier alpha value is -0.320. The minimum absolute atomic E-state index is 0. The maximum atomic E-state index is 10.9. The first-order valence-corrected chi connectivity index (χ1v) is 6.95. The number of nitrogens with two attached hydrogens (primary N) is 1. The molecule has 0 spiro atoms. The van der Waals surface area contributed by atoms with Crippen LogP contribution in [-0.2, 0) is 4.79 Å². The SMILES string of the molecule is Cl.NC(=O)CC1CCN(CC2CCCNC2)CC1. The van der Waals surface area contributed by atoms with E-state index in [0.29, 0.717) is 12.3 Å². The van der Waals surface area contributed by atoms with Gasteiger partial charge in [0.25, 0.3) is 0 Å². The zero-order valence-electron chi connectivity index (χ0n) is 11.1. The predicted molar refractivity (Wildman–Crippen MR) is 75.8 cm³/mol. The number of nitrogens with one attached hydrogen (secondary N) is 1. The molecule has 0 saturated carbocycles. The largest absolute Gasteiger partial charge is 0.370 e. The van der Waals surface area contributed by atoms with Crippen LogP contribution in [0.15, 0.2) is 0 Å². The zero-order valence-corrected chi connectivity index (χ0v) is 11.9. The van der Waals surface area contributed by atoms with Crippen molar-refractivity contribution in [3.05, 3.63) is 0 Å². The van der Waals surface area contributed by atoms with E-state index in [4.69, 9.17) is 5.73 Å². The molecule has 2 heterocycles. The molecule has 0 bridgehead atoms. The van der Waals surface area contributed by atoms with Crippen molar-refractivity contribution in [2.75, 3.05) is 32.7 Å². The first kappa shape index (κ1) is 15.7. The second-order valence-electron chi connectivity index (χ2n) is 5.63. The molecule has 2 fully saturated rings. The average molecular weight is 276 g/mol. The molecule has 2 aliphatic rings. The molecule has 0 aromatic rings. The summed E-state index contributed by atoms with van der Waals surface area (Å²) in [7, 11) is 0. The van der Waals surface area contributed by atoms with Gasteiger partial charge in [0.1, 0.15) is 0 Å². The van der Waals surface area contributed by atoms with Crippen LogP contribution in [0.1, 0.15) is 32.1 Å². The third kappa shape index (κ3) is 5.12. The molecule has 18 heavy (non-hydrogen) atoms. The van der Waals surface area contributed by atoms with Gasteiger partial charge in [0.2, 0.25) is 5.91 Å². The summed E-state index contributed by atoms with van der Waals surface area (Å²) >= 11 is 0. The number of hydrogen-bond acceptors (Lipinski definition) is 3. The highest BCUT2D eigenvalue weighted by atomic mass is 35.5. The van der Waals surface area contributed by atoms with E-state index < -0.39 is 0 Å². The lowest BCUT2D eigenvalue weighted by Gasteiger charge is -2.35. The van der Waals surface area contributed by atoms with E-state index in [0.717, 1.165) is 31.8 Å². The lowest BCUT2D eigenvalue weighted by molar-refractivity contribution is -0.119. The van der Waals surface area contributed by atoms with Crippen LogP contribution in [0.4, 0.5) is 0 Å². The highest BCUT2D eigenvalue weighted by Gasteiger charge is 2.23. The number of carbonyl (C=O) groups excluding carboxylic acids is 1. The summed E-state index contributed by atoms with van der Waals surface area (Å²) < 4.78 is 0. The highest BCUT2D eigenvalue weighted by molar-refractivity contribution is 5.85. The standard InChI is InChI=1S/C13H25N3O.ClH/c14-13(17)8-11-3-6-16(7-4-11)10-12-2-1-5-15-9-12;/h11-12,15H,1-10H2,(H2,14,17);1H. The Morgan fingerprint density at radius 2 is 1.94 bits per heavy atom. The lowest BCUT2D eigenvalue weighted by Crippen LogP contribution is -2.42. The van der Waals surface area contributed by atoms with Crippen molar-refractivity contribution < 1.29 is 4.79 Å². The van der Waals surface area contributed by atoms with Crippen molar-refractivity contribution in [3.8, 4) is 0 Å². The first-order valence-electron chi connectivity index (χ1n) is 6.95. The molecule has 3 N–H and O–H groups in total. The Balaban J connectivity index is 0.00000162. The number of piperidine rings is 2. The third-order valence-corrected chi connectivity index (χ3v) is 4.11. The summed E-state index contributed by atoms with van der Waals surface area (Å²) in [5, 5.41) is 3.47. The van der Waals surface area contributed by atoms with Gasteiger partial charge in [0, 0.05) is 13.0 Å². The molecular weight excluding hydrogens is 250 g/mol. The zero-order chi connectivity index (χ0) is 12.1. The number of rotatable bonds is 4. The van der Waals surface area contributed by atoms with E-state index in [2.05, 4.69) is 10.2 Å². The molecule has 1 amide bonds. The molecule has 1 unspecified atom stereocenters. The van der Waals surface area contributed by atoms with Crippen molar-refractivity contribution in [3.63, 3.8) is 0 Å². The van der Waals surface area contributed by atoms with Gasteiger partial charge < -0.3 is 16.0 Å². The lowest BCUT2D eigenvalue weighted by atomic mass is 9.92. The van der Waals surface area contributed by atoms with Gasteiger partial charge in [0.15, 0.2) is 0 Å². The van der Waals surface area contributed by atoms with Crippen molar-refractivity contribution in [2.45, 2.75) is 32.1 Å². The maximum Gasteiger partial charge on any atom is 0.217 e. The highest BCUT2D eigenvalue weighted by Crippen LogP contribution is 2.22. The maximum absolute atomic E-state index is 10.9. The summed E-state index contributed by atoms with van der Waals surface area (Å²) in [5.41, 5.74) is 5.25. The van der Waals surface area contributed by atoms with Crippen LogP contribution in [0, 0.1) is 11.8 Å². The van der Waals surface area contributed by atoms with E-state index in [1.807, 2.05) is 0 Å². The fourth-order valence-corrected chi connectivity index (χ4v) is 3.10. The Bertz CT molecular complexity index is 249. The fourth-order valence-electron chi connectivity index (χ4n) is 3.10. The summed E-state index contributed by atoms with van der Waals surface area (Å²) in [6.45, 7) is 5.90. The van der Waals surface area contributed by atoms with Crippen LogP contribution in [0.5, 0.6) is 0 Å². The molecule has 0 aromatic carbocycles. The van der Waals surface area contributed by atoms with E-state index in [1.54, 1.807) is 0 Å². The number of primary amides is 1. The predicted octanol–water partition coefficient (Wildman–Crippen LogP) is 0.995. The van der Waals surface area contributed by atoms with Crippen molar-refractivity contribution >= 4 is 18.3 Å². The van der Waals surface area contributed by atoms with Gasteiger partial charge in [-0.15, -0.1) is 12.4 Å². The monoisotopic (exact) mass is 275 g/mol. The Morgan fingerprint density at radius 3 is 2.50 bits per heavy atom. The average Bonchev–Trinajstić information content (AvgIpc) is 2.32. The van der Waals surface area contributed by atoms with E-state index in [9.17, 15) is 4.79 Å². The number of amides is 1. The molecule has 0 aromatic heterocycles. The molecule has 0 aliphatic carbocycles. The van der Waals surface area contributed by atoms with Gasteiger partial charge in [-0.3, -0.25) is 4.79 Å². The fraction of sp³-hybridized carbons (Fsp3) is 0.923. The van der Waals surface area contributed by atoms with E-state index in [-0.39, 0.29) is 18.3 Å². The van der Waals surface area contributed by atoms with Gasteiger partial charge in [-0.05, 0) is 63.7 Å². The van der Waals surface area contributed by atoms with E-state index in [1.165, 1.54) is 32.5 Å². The number of nitrogens with zero attached hydrogens (tertiary/aromatic N) is 1. The number of hydrogen-bond donors (Lipinski definition) is 2. The summed E-state index contributed by atoms with van der Waals surface area (Å²) in [4.78, 5) is 13.4. The minimum atomic E-state index is -0.139. The van der Waals surface area contributed by atoms with Crippen LogP contribution >= 0.6 is 12.4 Å². The molecular formula is C13H26ClN3O. The van der Waals surface area contributed by atoms with Crippen LogP contribution in [0.3, 0.4) is 0 Å². The summed E-state index contributed by atoms with van der Waals surface area (Å²) in [6.07, 6.45) is 5.56. The molecule has 5 heteroatoms. The van der Waals surface area contributed by atoms with E-state index >= 15 is 0 Å². The van der Waals surface area contributed by atoms with Gasteiger partial charge in [-0.2, -0.15) is 0 Å². The van der Waals surface area contributed by atoms with Gasteiger partial charge in [0.05, 0.1) is 0 Å². The van der Waals surface area contributed by atoms with Crippen molar-refractivity contribution in [1.82, 2.24) is 10.2 Å².